The first-order valence-electron chi connectivity index (χ1n) is 3.38. The molecule has 0 N–H and O–H groups in total. The van der Waals surface area contributed by atoms with E-state index in [1.54, 1.807) is 4.75 Å². The lowest BCUT2D eigenvalue weighted by Gasteiger charge is -2.34. The van der Waals surface area contributed by atoms with E-state index >= 15 is 0 Å². The molecule has 1 aliphatic carbocycles. The van der Waals surface area contributed by atoms with Gasteiger partial charge < -0.3 is 0 Å². The van der Waals surface area contributed by atoms with Crippen LogP contribution in [0.15, 0.2) is 0 Å². The van der Waals surface area contributed by atoms with Crippen LogP contribution in [0.1, 0.15) is 26.2 Å². The van der Waals surface area contributed by atoms with Gasteiger partial charge in [0.05, 0.1) is 6.07 Å². The Hall–Kier alpha value is -1.44. The Balaban J connectivity index is 0.000000354. The van der Waals surface area contributed by atoms with Crippen molar-refractivity contribution in [2.45, 2.75) is 26.2 Å². The molecule has 0 spiro atoms. The highest BCUT2D eigenvalue weighted by atomic mass is 17.2. The maximum atomic E-state index is 10.5. The van der Waals surface area contributed by atoms with Crippen molar-refractivity contribution < 1.29 is 10.1 Å². The first kappa shape index (κ1) is 10.6. The van der Waals surface area contributed by atoms with Crippen LogP contribution < -0.4 is 5.26 Å². The van der Waals surface area contributed by atoms with Crippen LogP contribution in [0.3, 0.4) is 0 Å². The van der Waals surface area contributed by atoms with Gasteiger partial charge in [0.1, 0.15) is 5.78 Å². The predicted molar refractivity (Wildman–Crippen MR) is 39.3 cm³/mol. The van der Waals surface area contributed by atoms with Gasteiger partial charge in [-0.3, -0.25) is 4.79 Å². The van der Waals surface area contributed by atoms with Crippen molar-refractivity contribution in [2.24, 2.45) is 5.41 Å². The molecule has 0 atom stereocenters. The lowest BCUT2D eigenvalue weighted by molar-refractivity contribution is -0.284. The second-order valence-electron chi connectivity index (χ2n) is 3.11. The van der Waals surface area contributed by atoms with Crippen LogP contribution in [-0.2, 0) is 4.79 Å². The summed E-state index contributed by atoms with van der Waals surface area (Å²) >= 11 is 0. The Kier molecular flexibility index (Phi) is 3.91. The summed E-state index contributed by atoms with van der Waals surface area (Å²) in [5.41, 5.74) is 0.0336. The topological polar surface area (TPSA) is 92.3 Å². The molecule has 0 aliphatic heterocycles. The SMILES string of the molecule is CC1(CC#N)CC(=O)C1.O=[O+][O-]. The van der Waals surface area contributed by atoms with E-state index in [1.165, 1.54) is 0 Å². The van der Waals surface area contributed by atoms with E-state index < -0.39 is 0 Å². The van der Waals surface area contributed by atoms with Gasteiger partial charge in [0, 0.05) is 19.3 Å². The maximum Gasteiger partial charge on any atom is 0.154 e. The van der Waals surface area contributed by atoms with Crippen LogP contribution in [0, 0.1) is 26.5 Å². The highest BCUT2D eigenvalue weighted by Gasteiger charge is 2.38. The van der Waals surface area contributed by atoms with Crippen LogP contribution in [0.5, 0.6) is 0 Å². The summed E-state index contributed by atoms with van der Waals surface area (Å²) in [6.45, 7) is 1.98. The van der Waals surface area contributed by atoms with Crippen LogP contribution >= 0.6 is 0 Å². The van der Waals surface area contributed by atoms with E-state index in [9.17, 15) is 4.79 Å². The zero-order chi connectivity index (χ0) is 9.61. The Morgan fingerprint density at radius 2 is 2.17 bits per heavy atom. The molecule has 0 radical (unpaired) electrons. The van der Waals surface area contributed by atoms with Gasteiger partial charge in [-0.25, -0.2) is 0 Å². The van der Waals surface area contributed by atoms with Gasteiger partial charge in [-0.15, -0.1) is 0 Å². The number of hydrogen-bond acceptors (Lipinski definition) is 4. The van der Waals surface area contributed by atoms with E-state index in [1.807, 2.05) is 6.92 Å². The molecular weight excluding hydrogens is 162 g/mol. The van der Waals surface area contributed by atoms with Crippen molar-refractivity contribution >= 4 is 5.78 Å². The number of nitriles is 1. The molecule has 0 heterocycles. The molecule has 5 heteroatoms. The standard InChI is InChI=1S/C7H9NO.O3/c1-7(2-3-8)4-6(9)5-7;1-3-2/h2,4-5H2,1H3;. The van der Waals surface area contributed by atoms with Crippen LogP contribution in [-0.4, -0.2) is 5.78 Å². The normalized spacial score (nSPS) is 17.8. The second-order valence-corrected chi connectivity index (χ2v) is 3.11. The van der Waals surface area contributed by atoms with Crippen molar-refractivity contribution in [3.8, 4) is 6.07 Å². The molecule has 1 fully saturated rings. The lowest BCUT2D eigenvalue weighted by atomic mass is 9.68. The van der Waals surface area contributed by atoms with Gasteiger partial charge >= 0.3 is 0 Å². The van der Waals surface area contributed by atoms with Crippen LogP contribution in [0.2, 0.25) is 0 Å². The number of carbonyl (C=O) groups is 1. The Morgan fingerprint density at radius 1 is 1.75 bits per heavy atom. The highest BCUT2D eigenvalue weighted by Crippen LogP contribution is 2.39. The van der Waals surface area contributed by atoms with E-state index in [0.717, 1.165) is 0 Å². The number of rotatable bonds is 1. The van der Waals surface area contributed by atoms with Gasteiger partial charge in [0.15, 0.2) is 4.75 Å². The number of hydrogen-bond donors (Lipinski definition) is 0. The fourth-order valence-electron chi connectivity index (χ4n) is 1.22. The maximum absolute atomic E-state index is 10.5. The number of Topliss-reactive ketones (excluding diaryl/α,β-unsaturated/α-hetero) is 1. The number of nitrogens with zero attached hydrogens (tertiary/aromatic N) is 1. The summed E-state index contributed by atoms with van der Waals surface area (Å²) in [6, 6.07) is 2.08. The Bertz CT molecular complexity index is 210. The molecule has 0 aromatic carbocycles. The molecule has 0 aromatic heterocycles. The van der Waals surface area contributed by atoms with Gasteiger partial charge in [-0.2, -0.15) is 5.26 Å². The average molecular weight is 171 g/mol. The molecular formula is C7H9NO4. The van der Waals surface area contributed by atoms with Crippen molar-refractivity contribution in [2.75, 3.05) is 0 Å². The van der Waals surface area contributed by atoms with Crippen molar-refractivity contribution in [1.29, 1.82) is 5.26 Å². The molecule has 0 amide bonds. The van der Waals surface area contributed by atoms with Crippen LogP contribution in [0.25, 0.3) is 0 Å². The quantitative estimate of drug-likeness (QED) is 0.319. The van der Waals surface area contributed by atoms with E-state index in [2.05, 4.69) is 6.07 Å². The molecule has 0 saturated heterocycles. The van der Waals surface area contributed by atoms with E-state index in [0.29, 0.717) is 25.0 Å². The molecule has 5 nitrogen and oxygen atoms in total. The fourth-order valence-corrected chi connectivity index (χ4v) is 1.22. The van der Waals surface area contributed by atoms with Crippen molar-refractivity contribution in [1.82, 2.24) is 0 Å². The fraction of sp³-hybridized carbons (Fsp3) is 0.714. The van der Waals surface area contributed by atoms with Gasteiger partial charge in [0.25, 0.3) is 0 Å². The molecule has 1 aliphatic rings. The van der Waals surface area contributed by atoms with Crippen molar-refractivity contribution in [3.05, 3.63) is 9.71 Å². The highest BCUT2D eigenvalue weighted by molar-refractivity contribution is 5.85. The van der Waals surface area contributed by atoms with Gasteiger partial charge in [-0.1, -0.05) is 17.1 Å². The Labute approximate surface area is 69.5 Å². The molecule has 0 aromatic rings. The minimum absolute atomic E-state index is 0.0336. The summed E-state index contributed by atoms with van der Waals surface area (Å²) in [4.78, 5) is 18.4. The molecule has 0 bridgehead atoms. The summed E-state index contributed by atoms with van der Waals surface area (Å²) in [7, 11) is 0. The minimum atomic E-state index is 0.0336. The average Bonchev–Trinajstić information content (AvgIpc) is 1.86. The monoisotopic (exact) mass is 171 g/mol. The molecule has 0 unspecified atom stereocenters. The lowest BCUT2D eigenvalue weighted by Crippen LogP contribution is -2.34. The van der Waals surface area contributed by atoms with E-state index in [-0.39, 0.29) is 5.41 Å². The van der Waals surface area contributed by atoms with Crippen molar-refractivity contribution in [3.63, 3.8) is 0 Å². The summed E-state index contributed by atoms with van der Waals surface area (Å²) in [6.07, 6.45) is 1.75. The van der Waals surface area contributed by atoms with Gasteiger partial charge in [-0.05, 0) is 5.41 Å². The summed E-state index contributed by atoms with van der Waals surface area (Å²) in [5, 5.41) is 16.2. The molecule has 1 rings (SSSR count). The third kappa shape index (κ3) is 3.10. The number of ketones is 1. The summed E-state index contributed by atoms with van der Waals surface area (Å²) < 4.78 is 1.75. The zero-order valence-electron chi connectivity index (χ0n) is 6.70. The molecule has 1 saturated carbocycles. The number of carbonyl (C=O) groups excluding carboxylic acids is 1. The van der Waals surface area contributed by atoms with Crippen LogP contribution in [0.4, 0.5) is 0 Å². The third-order valence-corrected chi connectivity index (χ3v) is 1.75. The molecule has 66 valence electrons. The smallest absolute Gasteiger partial charge is 0.154 e. The third-order valence-electron chi connectivity index (χ3n) is 1.75. The predicted octanol–water partition coefficient (Wildman–Crippen LogP) is 0.147. The Morgan fingerprint density at radius 3 is 2.42 bits per heavy atom. The second kappa shape index (κ2) is 4.44. The first-order valence-corrected chi connectivity index (χ1v) is 3.38. The molecule has 12 heavy (non-hydrogen) atoms. The zero-order valence-corrected chi connectivity index (χ0v) is 6.70. The van der Waals surface area contributed by atoms with E-state index in [4.69, 9.17) is 15.5 Å². The minimum Gasteiger partial charge on any atom is -0.300 e. The van der Waals surface area contributed by atoms with Gasteiger partial charge in [0.2, 0.25) is 0 Å². The largest absolute Gasteiger partial charge is 0.300 e. The first-order chi connectivity index (χ1) is 5.58. The summed E-state index contributed by atoms with van der Waals surface area (Å²) in [5.74, 6) is 0.299.